The van der Waals surface area contributed by atoms with E-state index >= 15 is 0 Å². The van der Waals surface area contributed by atoms with E-state index in [9.17, 15) is 4.39 Å². The number of methoxy groups -OCH3 is 1. The number of aromatic nitrogens is 2. The minimum atomic E-state index is -0.288. The maximum atomic E-state index is 13.6. The smallest absolute Gasteiger partial charge is 0.178 e. The Balaban J connectivity index is 2.53. The van der Waals surface area contributed by atoms with E-state index in [1.54, 1.807) is 13.2 Å². The van der Waals surface area contributed by atoms with Gasteiger partial charge in [-0.2, -0.15) is 0 Å². The van der Waals surface area contributed by atoms with Crippen LogP contribution in [0.3, 0.4) is 0 Å². The number of halogens is 2. The zero-order chi connectivity index (χ0) is 13.3. The lowest BCUT2D eigenvalue weighted by Crippen LogP contribution is -2.08. The van der Waals surface area contributed by atoms with Crippen LogP contribution in [0.4, 0.5) is 4.39 Å². The van der Waals surface area contributed by atoms with Crippen LogP contribution in [0.5, 0.6) is 0 Å². The zero-order valence-corrected chi connectivity index (χ0v) is 12.6. The van der Waals surface area contributed by atoms with Crippen LogP contribution in [0.15, 0.2) is 16.6 Å². The van der Waals surface area contributed by atoms with Crippen LogP contribution in [0.2, 0.25) is 0 Å². The first-order chi connectivity index (χ1) is 8.54. The molecule has 3 nitrogen and oxygen atoms in total. The lowest BCUT2D eigenvalue weighted by Gasteiger charge is -2.14. The van der Waals surface area contributed by atoms with E-state index < -0.39 is 0 Å². The number of hydrogen-bond acceptors (Lipinski definition) is 2. The van der Waals surface area contributed by atoms with Gasteiger partial charge in [0.25, 0.3) is 0 Å². The summed E-state index contributed by atoms with van der Waals surface area (Å²) in [6.07, 6.45) is 0.829. The largest absolute Gasteiger partial charge is 0.385 e. The second-order valence-electron chi connectivity index (χ2n) is 4.21. The summed E-state index contributed by atoms with van der Waals surface area (Å²) in [6.45, 7) is 2.69. The number of benzene rings is 1. The van der Waals surface area contributed by atoms with E-state index in [4.69, 9.17) is 17.0 Å². The van der Waals surface area contributed by atoms with Crippen LogP contribution in [-0.2, 0) is 4.74 Å². The molecule has 1 aromatic carbocycles. The molecule has 18 heavy (non-hydrogen) atoms. The van der Waals surface area contributed by atoms with Crippen LogP contribution in [0.1, 0.15) is 19.4 Å². The Bertz CT molecular complexity index is 622. The van der Waals surface area contributed by atoms with Crippen molar-refractivity contribution in [2.24, 2.45) is 0 Å². The molecule has 1 heterocycles. The molecule has 1 atom stereocenters. The zero-order valence-electron chi connectivity index (χ0n) is 10.2. The molecule has 0 amide bonds. The third-order valence-electron chi connectivity index (χ3n) is 2.94. The molecule has 2 aromatic rings. The van der Waals surface area contributed by atoms with Crippen molar-refractivity contribution in [1.29, 1.82) is 0 Å². The summed E-state index contributed by atoms with van der Waals surface area (Å²) in [7, 11) is 1.66. The number of fused-ring (bicyclic) bond motifs is 1. The molecule has 0 spiro atoms. The fourth-order valence-corrected chi connectivity index (χ4v) is 2.71. The highest BCUT2D eigenvalue weighted by Gasteiger charge is 2.13. The molecule has 6 heteroatoms. The molecule has 1 N–H and O–H groups in total. The van der Waals surface area contributed by atoms with E-state index in [1.165, 1.54) is 6.07 Å². The summed E-state index contributed by atoms with van der Waals surface area (Å²) < 4.78 is 21.7. The summed E-state index contributed by atoms with van der Waals surface area (Å²) in [5.41, 5.74) is 1.61. The van der Waals surface area contributed by atoms with Gasteiger partial charge in [-0.1, -0.05) is 0 Å². The van der Waals surface area contributed by atoms with E-state index in [2.05, 4.69) is 20.9 Å². The molecule has 0 aliphatic heterocycles. The first-order valence-corrected chi connectivity index (χ1v) is 6.83. The maximum absolute atomic E-state index is 13.6. The van der Waals surface area contributed by atoms with Crippen LogP contribution in [0.25, 0.3) is 11.0 Å². The number of ether oxygens (including phenoxy) is 1. The topological polar surface area (TPSA) is 29.9 Å². The Kier molecular flexibility index (Phi) is 4.19. The summed E-state index contributed by atoms with van der Waals surface area (Å²) in [4.78, 5) is 3.09. The van der Waals surface area contributed by atoms with Gasteiger partial charge < -0.3 is 14.3 Å². The van der Waals surface area contributed by atoms with Crippen LogP contribution < -0.4 is 0 Å². The molecule has 2 rings (SSSR count). The molecular weight excluding hydrogens is 319 g/mol. The van der Waals surface area contributed by atoms with Crippen molar-refractivity contribution >= 4 is 39.2 Å². The van der Waals surface area contributed by atoms with Gasteiger partial charge in [0.05, 0.1) is 15.5 Å². The quantitative estimate of drug-likeness (QED) is 0.850. The third kappa shape index (κ3) is 2.50. The van der Waals surface area contributed by atoms with Gasteiger partial charge in [-0.15, -0.1) is 0 Å². The molecule has 0 aliphatic carbocycles. The van der Waals surface area contributed by atoms with Crippen molar-refractivity contribution in [3.63, 3.8) is 0 Å². The molecule has 0 saturated heterocycles. The van der Waals surface area contributed by atoms with Gasteiger partial charge in [0.15, 0.2) is 4.77 Å². The van der Waals surface area contributed by atoms with E-state index in [0.717, 1.165) is 17.5 Å². The van der Waals surface area contributed by atoms with Crippen molar-refractivity contribution < 1.29 is 9.13 Å². The molecule has 1 aromatic heterocycles. The number of aromatic amines is 1. The predicted octanol–water partition coefficient (Wildman–Crippen LogP) is 4.20. The molecule has 98 valence electrons. The van der Waals surface area contributed by atoms with Crippen molar-refractivity contribution in [1.82, 2.24) is 9.55 Å². The fourth-order valence-electron chi connectivity index (χ4n) is 1.98. The summed E-state index contributed by atoms with van der Waals surface area (Å²) in [5, 5.41) is 0. The summed E-state index contributed by atoms with van der Waals surface area (Å²) in [5.74, 6) is -0.288. The van der Waals surface area contributed by atoms with Gasteiger partial charge in [0.2, 0.25) is 0 Å². The highest BCUT2D eigenvalue weighted by Crippen LogP contribution is 2.26. The van der Waals surface area contributed by atoms with Gasteiger partial charge >= 0.3 is 0 Å². The number of rotatable bonds is 4. The van der Waals surface area contributed by atoms with Crippen LogP contribution >= 0.6 is 28.1 Å². The van der Waals surface area contributed by atoms with Crippen molar-refractivity contribution in [3.05, 3.63) is 27.2 Å². The lowest BCUT2D eigenvalue weighted by atomic mass is 10.2. The monoisotopic (exact) mass is 332 g/mol. The van der Waals surface area contributed by atoms with Gasteiger partial charge in [0, 0.05) is 25.8 Å². The third-order valence-corrected chi connectivity index (χ3v) is 3.85. The average molecular weight is 333 g/mol. The van der Waals surface area contributed by atoms with E-state index in [-0.39, 0.29) is 11.9 Å². The number of imidazole rings is 1. The predicted molar refractivity (Wildman–Crippen MR) is 76.0 cm³/mol. The fraction of sp³-hybridized carbons (Fsp3) is 0.417. The second-order valence-corrected chi connectivity index (χ2v) is 5.46. The van der Waals surface area contributed by atoms with E-state index in [0.29, 0.717) is 15.9 Å². The highest BCUT2D eigenvalue weighted by atomic mass is 79.9. The van der Waals surface area contributed by atoms with E-state index in [1.807, 2.05) is 11.5 Å². The Hall–Kier alpha value is -0.720. The molecule has 0 saturated carbocycles. The van der Waals surface area contributed by atoms with Crippen LogP contribution in [-0.4, -0.2) is 23.3 Å². The average Bonchev–Trinajstić information content (AvgIpc) is 2.62. The lowest BCUT2D eigenvalue weighted by molar-refractivity contribution is 0.181. The Morgan fingerprint density at radius 3 is 2.94 bits per heavy atom. The summed E-state index contributed by atoms with van der Waals surface area (Å²) in [6, 6.07) is 3.36. The Morgan fingerprint density at radius 2 is 2.28 bits per heavy atom. The molecule has 0 bridgehead atoms. The molecule has 1 unspecified atom stereocenters. The van der Waals surface area contributed by atoms with Gasteiger partial charge in [-0.05, 0) is 47.6 Å². The van der Waals surface area contributed by atoms with Gasteiger partial charge in [0.1, 0.15) is 5.82 Å². The van der Waals surface area contributed by atoms with Crippen LogP contribution in [0, 0.1) is 10.6 Å². The molecular formula is C12H14BrFN2OS. The van der Waals surface area contributed by atoms with Crippen molar-refractivity contribution in [2.45, 2.75) is 19.4 Å². The first kappa shape index (κ1) is 13.7. The Labute approximate surface area is 118 Å². The number of hydrogen-bond donors (Lipinski definition) is 1. The van der Waals surface area contributed by atoms with Crippen molar-refractivity contribution in [3.8, 4) is 0 Å². The SMILES string of the molecule is COCCC(C)n1c(=S)[nH]c2cc(Br)c(F)cc21. The van der Waals surface area contributed by atoms with Crippen molar-refractivity contribution in [2.75, 3.05) is 13.7 Å². The molecule has 0 radical (unpaired) electrons. The number of nitrogens with one attached hydrogen (secondary N) is 1. The second kappa shape index (κ2) is 5.50. The maximum Gasteiger partial charge on any atom is 0.178 e. The minimum Gasteiger partial charge on any atom is -0.385 e. The highest BCUT2D eigenvalue weighted by molar-refractivity contribution is 9.10. The molecule has 0 fully saturated rings. The standard InChI is InChI=1S/C12H14BrFN2OS/c1-7(3-4-17-2)16-11-6-9(14)8(13)5-10(11)15-12(16)18/h5-7H,3-4H2,1-2H3,(H,15,18). The minimum absolute atomic E-state index is 0.159. The first-order valence-electron chi connectivity index (χ1n) is 5.62. The summed E-state index contributed by atoms with van der Waals surface area (Å²) >= 11 is 8.47. The molecule has 0 aliphatic rings. The van der Waals surface area contributed by atoms with Gasteiger partial charge in [-0.3, -0.25) is 0 Å². The van der Waals surface area contributed by atoms with Gasteiger partial charge in [-0.25, -0.2) is 4.39 Å². The number of H-pyrrole nitrogens is 1. The normalized spacial score (nSPS) is 13.1. The number of nitrogens with zero attached hydrogens (tertiary/aromatic N) is 1. The Morgan fingerprint density at radius 1 is 1.56 bits per heavy atom.